The Morgan fingerprint density at radius 1 is 1.21 bits per heavy atom. The van der Waals surface area contributed by atoms with Crippen molar-refractivity contribution in [3.8, 4) is 11.5 Å². The van der Waals surface area contributed by atoms with Gasteiger partial charge in [-0.15, -0.1) is 0 Å². The van der Waals surface area contributed by atoms with Crippen LogP contribution >= 0.6 is 11.8 Å². The van der Waals surface area contributed by atoms with Crippen molar-refractivity contribution in [2.45, 2.75) is 25.9 Å². The zero-order chi connectivity index (χ0) is 14.1. The highest BCUT2D eigenvalue weighted by Crippen LogP contribution is 2.51. The summed E-state index contributed by atoms with van der Waals surface area (Å²) < 4.78 is 10.7. The van der Waals surface area contributed by atoms with Crippen molar-refractivity contribution in [2.24, 2.45) is 5.41 Å². The van der Waals surface area contributed by atoms with Crippen LogP contribution in [0.1, 0.15) is 25.8 Å². The highest BCUT2D eigenvalue weighted by atomic mass is 32.2. The Morgan fingerprint density at radius 2 is 1.95 bits per heavy atom. The van der Waals surface area contributed by atoms with E-state index < -0.39 is 5.60 Å². The lowest BCUT2D eigenvalue weighted by atomic mass is 9.69. The lowest BCUT2D eigenvalue weighted by Gasteiger charge is -2.46. The normalized spacial score (nSPS) is 25.9. The van der Waals surface area contributed by atoms with E-state index in [2.05, 4.69) is 13.8 Å². The molecule has 1 atom stereocenters. The Kier molecular flexibility index (Phi) is 4.02. The summed E-state index contributed by atoms with van der Waals surface area (Å²) in [5.41, 5.74) is -0.179. The van der Waals surface area contributed by atoms with E-state index in [4.69, 9.17) is 9.47 Å². The van der Waals surface area contributed by atoms with Gasteiger partial charge < -0.3 is 14.6 Å². The molecule has 1 N–H and O–H groups in total. The van der Waals surface area contributed by atoms with Gasteiger partial charge in [0.1, 0.15) is 17.1 Å². The molecule has 106 valence electrons. The number of thioether (sulfide) groups is 1. The van der Waals surface area contributed by atoms with Crippen molar-refractivity contribution < 1.29 is 14.6 Å². The summed E-state index contributed by atoms with van der Waals surface area (Å²) in [4.78, 5) is 0. The Balaban J connectivity index is 2.50. The van der Waals surface area contributed by atoms with E-state index in [0.29, 0.717) is 11.5 Å². The summed E-state index contributed by atoms with van der Waals surface area (Å²) in [6.45, 7) is 4.24. The van der Waals surface area contributed by atoms with Gasteiger partial charge in [-0.2, -0.15) is 11.8 Å². The molecule has 0 amide bonds. The molecule has 4 heteroatoms. The van der Waals surface area contributed by atoms with Gasteiger partial charge in [-0.1, -0.05) is 13.8 Å². The molecule has 0 aliphatic carbocycles. The standard InChI is InChI=1S/C15H22O3S/c1-14(2)7-8-19-10-15(14,16)12-6-5-11(17-3)9-13(12)18-4/h5-6,9,16H,7-8,10H2,1-4H3. The molecule has 0 spiro atoms. The SMILES string of the molecule is COc1ccc(C2(O)CSCCC2(C)C)c(OC)c1. The van der Waals surface area contributed by atoms with E-state index in [1.807, 2.05) is 18.2 Å². The van der Waals surface area contributed by atoms with Crippen LogP contribution in [0.4, 0.5) is 0 Å². The molecule has 1 aliphatic heterocycles. The molecule has 1 aromatic rings. The van der Waals surface area contributed by atoms with Crippen LogP contribution in [0.15, 0.2) is 18.2 Å². The minimum atomic E-state index is -0.868. The fourth-order valence-corrected chi connectivity index (χ4v) is 4.17. The van der Waals surface area contributed by atoms with E-state index >= 15 is 0 Å². The van der Waals surface area contributed by atoms with Crippen LogP contribution in [0.5, 0.6) is 11.5 Å². The van der Waals surface area contributed by atoms with Crippen molar-refractivity contribution in [1.82, 2.24) is 0 Å². The smallest absolute Gasteiger partial charge is 0.128 e. The second-order valence-corrected chi connectivity index (χ2v) is 6.72. The fraction of sp³-hybridized carbons (Fsp3) is 0.600. The summed E-state index contributed by atoms with van der Waals surface area (Å²) in [7, 11) is 3.26. The molecule has 2 rings (SSSR count). The van der Waals surface area contributed by atoms with E-state index in [1.54, 1.807) is 26.0 Å². The summed E-state index contributed by atoms with van der Waals surface area (Å²) in [6, 6.07) is 5.64. The molecule has 0 bridgehead atoms. The first-order chi connectivity index (χ1) is 8.94. The van der Waals surface area contributed by atoms with Crippen LogP contribution in [0, 0.1) is 5.41 Å². The molecule has 1 aliphatic rings. The molecule has 0 aromatic heterocycles. The Labute approximate surface area is 119 Å². The van der Waals surface area contributed by atoms with Gasteiger partial charge in [-0.05, 0) is 29.7 Å². The van der Waals surface area contributed by atoms with E-state index in [-0.39, 0.29) is 5.41 Å². The number of hydrogen-bond acceptors (Lipinski definition) is 4. The van der Waals surface area contributed by atoms with Crippen molar-refractivity contribution in [3.63, 3.8) is 0 Å². The summed E-state index contributed by atoms with van der Waals surface area (Å²) in [5.74, 6) is 3.22. The van der Waals surface area contributed by atoms with Crippen LogP contribution in [0.25, 0.3) is 0 Å². The Bertz CT molecular complexity index is 459. The summed E-state index contributed by atoms with van der Waals surface area (Å²) in [6.07, 6.45) is 0.989. The predicted octanol–water partition coefficient (Wildman–Crippen LogP) is 3.05. The van der Waals surface area contributed by atoms with Gasteiger partial charge in [0.2, 0.25) is 0 Å². The zero-order valence-electron chi connectivity index (χ0n) is 12.0. The maximum absolute atomic E-state index is 11.2. The number of hydrogen-bond donors (Lipinski definition) is 1. The van der Waals surface area contributed by atoms with Gasteiger partial charge >= 0.3 is 0 Å². The predicted molar refractivity (Wildman–Crippen MR) is 79.2 cm³/mol. The number of methoxy groups -OCH3 is 2. The molecule has 1 unspecified atom stereocenters. The molecule has 1 fully saturated rings. The highest BCUT2D eigenvalue weighted by Gasteiger charge is 2.48. The fourth-order valence-electron chi connectivity index (χ4n) is 2.53. The van der Waals surface area contributed by atoms with Crippen molar-refractivity contribution >= 4 is 11.8 Å². The van der Waals surface area contributed by atoms with Gasteiger partial charge in [0.05, 0.1) is 14.2 Å². The van der Waals surface area contributed by atoms with Crippen molar-refractivity contribution in [3.05, 3.63) is 23.8 Å². The summed E-state index contributed by atoms with van der Waals surface area (Å²) >= 11 is 1.79. The topological polar surface area (TPSA) is 38.7 Å². The molecule has 19 heavy (non-hydrogen) atoms. The van der Waals surface area contributed by atoms with E-state index in [9.17, 15) is 5.11 Å². The molecular formula is C15H22O3S. The minimum absolute atomic E-state index is 0.167. The molecule has 1 heterocycles. The third-order valence-corrected chi connectivity index (χ3v) is 5.27. The first-order valence-electron chi connectivity index (χ1n) is 6.47. The van der Waals surface area contributed by atoms with Crippen molar-refractivity contribution in [2.75, 3.05) is 25.7 Å². The number of ether oxygens (including phenoxy) is 2. The average molecular weight is 282 g/mol. The maximum atomic E-state index is 11.2. The second-order valence-electron chi connectivity index (χ2n) is 5.61. The molecule has 0 radical (unpaired) electrons. The molecule has 0 saturated carbocycles. The van der Waals surface area contributed by atoms with E-state index in [1.165, 1.54) is 0 Å². The average Bonchev–Trinajstić information content (AvgIpc) is 2.41. The van der Waals surface area contributed by atoms with Gasteiger partial charge in [-0.25, -0.2) is 0 Å². The Morgan fingerprint density at radius 3 is 2.53 bits per heavy atom. The van der Waals surface area contributed by atoms with Crippen LogP contribution in [0.2, 0.25) is 0 Å². The first-order valence-corrected chi connectivity index (χ1v) is 7.63. The Hall–Kier alpha value is -0.870. The van der Waals surface area contributed by atoms with E-state index in [0.717, 1.165) is 23.5 Å². The monoisotopic (exact) mass is 282 g/mol. The second kappa shape index (κ2) is 5.25. The van der Waals surface area contributed by atoms with Crippen LogP contribution in [-0.2, 0) is 5.60 Å². The largest absolute Gasteiger partial charge is 0.497 e. The van der Waals surface area contributed by atoms with Gasteiger partial charge in [0.15, 0.2) is 0 Å². The van der Waals surface area contributed by atoms with Gasteiger partial charge in [0.25, 0.3) is 0 Å². The third-order valence-electron chi connectivity index (χ3n) is 4.16. The van der Waals surface area contributed by atoms with Gasteiger partial charge in [0, 0.05) is 17.4 Å². The number of benzene rings is 1. The number of rotatable bonds is 3. The van der Waals surface area contributed by atoms with Crippen LogP contribution in [0.3, 0.4) is 0 Å². The molecule has 3 nitrogen and oxygen atoms in total. The molecular weight excluding hydrogens is 260 g/mol. The van der Waals surface area contributed by atoms with Crippen molar-refractivity contribution in [1.29, 1.82) is 0 Å². The number of aliphatic hydroxyl groups is 1. The lowest BCUT2D eigenvalue weighted by molar-refractivity contribution is -0.0593. The summed E-state index contributed by atoms with van der Waals surface area (Å²) in [5, 5.41) is 11.2. The van der Waals surface area contributed by atoms with Gasteiger partial charge in [-0.3, -0.25) is 0 Å². The maximum Gasteiger partial charge on any atom is 0.128 e. The highest BCUT2D eigenvalue weighted by molar-refractivity contribution is 7.99. The zero-order valence-corrected chi connectivity index (χ0v) is 12.8. The minimum Gasteiger partial charge on any atom is -0.497 e. The molecule has 1 saturated heterocycles. The first kappa shape index (κ1) is 14.5. The molecule has 1 aromatic carbocycles. The lowest BCUT2D eigenvalue weighted by Crippen LogP contribution is -2.47. The van der Waals surface area contributed by atoms with Crippen LogP contribution in [-0.4, -0.2) is 30.8 Å². The van der Waals surface area contributed by atoms with Crippen LogP contribution < -0.4 is 9.47 Å². The third kappa shape index (κ3) is 2.43. The quantitative estimate of drug-likeness (QED) is 0.925.